The van der Waals surface area contributed by atoms with E-state index in [1.54, 1.807) is 11.3 Å². The van der Waals surface area contributed by atoms with Crippen molar-refractivity contribution >= 4 is 35.3 Å². The monoisotopic (exact) mass is 353 g/mol. The number of nitrogens with one attached hydrogen (secondary N) is 1. The Labute approximate surface area is 142 Å². The van der Waals surface area contributed by atoms with Gasteiger partial charge in [0.15, 0.2) is 5.82 Å². The second-order valence-corrected chi connectivity index (χ2v) is 6.11. The molecular weight excluding hydrogens is 341 g/mol. The normalized spacial score (nSPS) is 13.5. The van der Waals surface area contributed by atoms with E-state index in [0.717, 1.165) is 52.6 Å². The van der Waals surface area contributed by atoms with E-state index >= 15 is 0 Å². The molecule has 1 aromatic carbocycles. The molecule has 3 aromatic rings. The summed E-state index contributed by atoms with van der Waals surface area (Å²) in [6, 6.07) is 7.72. The summed E-state index contributed by atoms with van der Waals surface area (Å²) in [6.45, 7) is 2.58. The fourth-order valence-corrected chi connectivity index (χ4v) is 3.31. The molecule has 0 bridgehead atoms. The van der Waals surface area contributed by atoms with Crippen molar-refractivity contribution in [2.75, 3.05) is 6.54 Å². The van der Waals surface area contributed by atoms with Gasteiger partial charge >= 0.3 is 0 Å². The van der Waals surface area contributed by atoms with Crippen LogP contribution in [0.25, 0.3) is 22.1 Å². The van der Waals surface area contributed by atoms with Gasteiger partial charge in [-0.25, -0.2) is 4.98 Å². The van der Waals surface area contributed by atoms with Gasteiger partial charge in [-0.1, -0.05) is 23.7 Å². The van der Waals surface area contributed by atoms with Crippen LogP contribution in [0.5, 0.6) is 0 Å². The molecule has 0 spiro atoms. The van der Waals surface area contributed by atoms with E-state index in [1.165, 1.54) is 0 Å². The minimum Gasteiger partial charge on any atom is -0.308 e. The van der Waals surface area contributed by atoms with E-state index in [1.807, 2.05) is 29.6 Å². The van der Waals surface area contributed by atoms with Crippen LogP contribution in [0.4, 0.5) is 0 Å². The van der Waals surface area contributed by atoms with Crippen LogP contribution in [-0.4, -0.2) is 26.3 Å². The zero-order valence-electron chi connectivity index (χ0n) is 11.5. The summed E-state index contributed by atoms with van der Waals surface area (Å²) in [5.41, 5.74) is 1.95. The molecule has 0 aliphatic carbocycles. The predicted molar refractivity (Wildman–Crippen MR) is 90.5 cm³/mol. The molecule has 114 valence electrons. The number of thiazole rings is 1. The minimum absolute atomic E-state index is 0. The number of nitrogens with zero attached hydrogens (tertiary/aromatic N) is 4. The third kappa shape index (κ3) is 2.75. The highest BCUT2D eigenvalue weighted by Crippen LogP contribution is 2.29. The van der Waals surface area contributed by atoms with Gasteiger partial charge in [0.05, 0.1) is 6.54 Å². The van der Waals surface area contributed by atoms with E-state index in [4.69, 9.17) is 16.6 Å². The lowest BCUT2D eigenvalue weighted by molar-refractivity contribution is 0.508. The Hall–Kier alpha value is -1.47. The van der Waals surface area contributed by atoms with Gasteiger partial charge in [0.1, 0.15) is 16.5 Å². The standard InChI is InChI=1S/C14H12ClN5S.ClH/c15-10-3-1-9(2-4-10)14-17-11(8-21-14)13-19-18-12-7-16-5-6-20(12)13;/h1-4,8,16H,5-7H2;1H. The predicted octanol–water partition coefficient (Wildman–Crippen LogP) is 3.25. The number of rotatable bonds is 2. The molecule has 4 rings (SSSR count). The van der Waals surface area contributed by atoms with Crippen LogP contribution < -0.4 is 5.32 Å². The molecule has 0 atom stereocenters. The molecule has 3 heterocycles. The van der Waals surface area contributed by atoms with Crippen LogP contribution in [0, 0.1) is 0 Å². The Morgan fingerprint density at radius 2 is 2.00 bits per heavy atom. The molecule has 0 fully saturated rings. The van der Waals surface area contributed by atoms with Crippen molar-refractivity contribution in [3.05, 3.63) is 40.5 Å². The number of benzene rings is 1. The SMILES string of the molecule is Cl.Clc1ccc(-c2nc(-c3nnc4n3CCNC4)cs2)cc1. The van der Waals surface area contributed by atoms with Gasteiger partial charge in [0.25, 0.3) is 0 Å². The number of hydrogen-bond acceptors (Lipinski definition) is 5. The third-order valence-corrected chi connectivity index (χ3v) is 4.59. The minimum atomic E-state index is 0. The average Bonchev–Trinajstić information content (AvgIpc) is 3.14. The molecule has 1 aliphatic rings. The highest BCUT2D eigenvalue weighted by Gasteiger charge is 2.18. The summed E-state index contributed by atoms with van der Waals surface area (Å²) < 4.78 is 2.14. The molecule has 22 heavy (non-hydrogen) atoms. The first-order chi connectivity index (χ1) is 10.3. The molecule has 0 saturated carbocycles. The van der Waals surface area contributed by atoms with E-state index in [2.05, 4.69) is 20.1 Å². The Balaban J connectivity index is 0.00000144. The summed E-state index contributed by atoms with van der Waals surface area (Å²) >= 11 is 7.53. The van der Waals surface area contributed by atoms with Crippen molar-refractivity contribution in [2.24, 2.45) is 0 Å². The van der Waals surface area contributed by atoms with Gasteiger partial charge in [-0.05, 0) is 12.1 Å². The van der Waals surface area contributed by atoms with Gasteiger partial charge < -0.3 is 9.88 Å². The van der Waals surface area contributed by atoms with Crippen LogP contribution in [0.3, 0.4) is 0 Å². The van der Waals surface area contributed by atoms with E-state index in [-0.39, 0.29) is 12.4 Å². The molecule has 1 N–H and O–H groups in total. The fourth-order valence-electron chi connectivity index (χ4n) is 2.38. The largest absolute Gasteiger partial charge is 0.308 e. The summed E-state index contributed by atoms with van der Waals surface area (Å²) in [6.07, 6.45) is 0. The highest BCUT2D eigenvalue weighted by molar-refractivity contribution is 7.13. The lowest BCUT2D eigenvalue weighted by Crippen LogP contribution is -2.28. The zero-order chi connectivity index (χ0) is 14.2. The Morgan fingerprint density at radius 1 is 1.18 bits per heavy atom. The summed E-state index contributed by atoms with van der Waals surface area (Å²) in [5.74, 6) is 1.82. The van der Waals surface area contributed by atoms with Crippen molar-refractivity contribution < 1.29 is 0 Å². The van der Waals surface area contributed by atoms with Crippen LogP contribution in [-0.2, 0) is 13.1 Å². The molecule has 0 saturated heterocycles. The van der Waals surface area contributed by atoms with Crippen molar-refractivity contribution in [3.63, 3.8) is 0 Å². The maximum absolute atomic E-state index is 5.92. The van der Waals surface area contributed by atoms with Crippen LogP contribution in [0.1, 0.15) is 5.82 Å². The summed E-state index contributed by atoms with van der Waals surface area (Å²) in [7, 11) is 0. The topological polar surface area (TPSA) is 55.6 Å². The van der Waals surface area contributed by atoms with Gasteiger partial charge in [-0.2, -0.15) is 0 Å². The molecule has 0 radical (unpaired) electrons. The highest BCUT2D eigenvalue weighted by atomic mass is 35.5. The Bertz CT molecular complexity index is 781. The van der Waals surface area contributed by atoms with Crippen LogP contribution in [0.2, 0.25) is 5.02 Å². The zero-order valence-corrected chi connectivity index (χ0v) is 13.9. The van der Waals surface area contributed by atoms with E-state index in [9.17, 15) is 0 Å². The molecule has 8 heteroatoms. The lowest BCUT2D eigenvalue weighted by Gasteiger charge is -2.15. The first-order valence-electron chi connectivity index (χ1n) is 6.66. The molecule has 0 unspecified atom stereocenters. The first-order valence-corrected chi connectivity index (χ1v) is 7.91. The van der Waals surface area contributed by atoms with Crippen LogP contribution in [0.15, 0.2) is 29.6 Å². The second kappa shape index (κ2) is 6.34. The molecule has 2 aromatic heterocycles. The molecule has 5 nitrogen and oxygen atoms in total. The Kier molecular flexibility index (Phi) is 4.44. The van der Waals surface area contributed by atoms with Crippen molar-refractivity contribution in [1.29, 1.82) is 0 Å². The number of fused-ring (bicyclic) bond motifs is 1. The van der Waals surface area contributed by atoms with Crippen molar-refractivity contribution in [1.82, 2.24) is 25.1 Å². The number of halogens is 2. The Morgan fingerprint density at radius 3 is 2.82 bits per heavy atom. The van der Waals surface area contributed by atoms with Gasteiger partial charge in [0.2, 0.25) is 0 Å². The first kappa shape index (κ1) is 15.4. The maximum Gasteiger partial charge on any atom is 0.183 e. The summed E-state index contributed by atoms with van der Waals surface area (Å²) in [5, 5.41) is 15.5. The van der Waals surface area contributed by atoms with Crippen molar-refractivity contribution in [3.8, 4) is 22.1 Å². The number of hydrogen-bond donors (Lipinski definition) is 1. The van der Waals surface area contributed by atoms with E-state index in [0.29, 0.717) is 0 Å². The molecule has 0 amide bonds. The second-order valence-electron chi connectivity index (χ2n) is 4.81. The maximum atomic E-state index is 5.92. The number of aromatic nitrogens is 4. The van der Waals surface area contributed by atoms with Crippen LogP contribution >= 0.6 is 35.3 Å². The summed E-state index contributed by atoms with van der Waals surface area (Å²) in [4.78, 5) is 4.69. The quantitative estimate of drug-likeness (QED) is 0.768. The average molecular weight is 354 g/mol. The smallest absolute Gasteiger partial charge is 0.183 e. The third-order valence-electron chi connectivity index (χ3n) is 3.45. The fraction of sp³-hybridized carbons (Fsp3) is 0.214. The van der Waals surface area contributed by atoms with Gasteiger partial charge in [-0.3, -0.25) is 0 Å². The van der Waals surface area contributed by atoms with Gasteiger partial charge in [-0.15, -0.1) is 33.9 Å². The molecular formula is C14H13Cl2N5S. The van der Waals surface area contributed by atoms with E-state index < -0.39 is 0 Å². The molecule has 1 aliphatic heterocycles. The van der Waals surface area contributed by atoms with Gasteiger partial charge in [0, 0.05) is 29.1 Å². The van der Waals surface area contributed by atoms with Crippen molar-refractivity contribution in [2.45, 2.75) is 13.1 Å². The lowest BCUT2D eigenvalue weighted by atomic mass is 10.2.